The van der Waals surface area contributed by atoms with Crippen molar-refractivity contribution in [2.24, 2.45) is 0 Å². The monoisotopic (exact) mass is 371 g/mol. The molecule has 0 saturated carbocycles. The Bertz CT molecular complexity index is 687. The first-order valence-electron chi connectivity index (χ1n) is 9.70. The van der Waals surface area contributed by atoms with Gasteiger partial charge in [0.2, 0.25) is 0 Å². The molecule has 140 valence electrons. The molecule has 1 N–H and O–H groups in total. The van der Waals surface area contributed by atoms with E-state index < -0.39 is 0 Å². The summed E-state index contributed by atoms with van der Waals surface area (Å²) in [5.41, 5.74) is 2.89. The molecule has 0 radical (unpaired) electrons. The molecule has 1 aliphatic rings. The fraction of sp³-hybridized carbons (Fsp3) is 0.478. The lowest BCUT2D eigenvalue weighted by molar-refractivity contribution is -0.0979. The Hall–Kier alpha value is -1.35. The van der Waals surface area contributed by atoms with Crippen molar-refractivity contribution < 1.29 is 4.74 Å². The molecule has 0 unspecified atom stereocenters. The van der Waals surface area contributed by atoms with Crippen LogP contribution in [0.2, 0.25) is 5.02 Å². The van der Waals surface area contributed by atoms with E-state index in [1.54, 1.807) is 0 Å². The molecular weight excluding hydrogens is 342 g/mol. The Kier molecular flexibility index (Phi) is 6.39. The maximum Gasteiger partial charge on any atom is 0.0660 e. The van der Waals surface area contributed by atoms with E-state index in [0.717, 1.165) is 50.4 Å². The first kappa shape index (κ1) is 19.4. The topological polar surface area (TPSA) is 21.3 Å². The van der Waals surface area contributed by atoms with Gasteiger partial charge in [0.05, 0.1) is 5.60 Å². The van der Waals surface area contributed by atoms with Crippen molar-refractivity contribution in [1.29, 1.82) is 0 Å². The van der Waals surface area contributed by atoms with Crippen LogP contribution in [0.4, 0.5) is 0 Å². The number of benzene rings is 2. The number of rotatable bonds is 7. The second-order valence-corrected chi connectivity index (χ2v) is 8.21. The van der Waals surface area contributed by atoms with Crippen molar-refractivity contribution in [3.63, 3.8) is 0 Å². The standard InChI is InChI=1S/C23H30ClNO/c1-3-22(2)18-23(14-16-26-22,20-7-5-4-6-8-20)13-15-25-17-19-9-11-21(24)12-10-19/h4-12,25H,3,13-18H2,1-2H3/t22-,23-/m0/s1. The van der Waals surface area contributed by atoms with Crippen molar-refractivity contribution in [3.05, 3.63) is 70.7 Å². The molecule has 1 aliphatic heterocycles. The molecule has 0 bridgehead atoms. The third-order valence-electron chi connectivity index (χ3n) is 5.90. The molecule has 2 aromatic rings. The highest BCUT2D eigenvalue weighted by Gasteiger charge is 2.42. The van der Waals surface area contributed by atoms with Gasteiger partial charge in [0.25, 0.3) is 0 Å². The zero-order chi connectivity index (χ0) is 18.5. The number of halogens is 1. The molecule has 2 atom stereocenters. The zero-order valence-electron chi connectivity index (χ0n) is 15.9. The van der Waals surface area contributed by atoms with Crippen LogP contribution in [-0.2, 0) is 16.7 Å². The first-order chi connectivity index (χ1) is 12.6. The summed E-state index contributed by atoms with van der Waals surface area (Å²) in [5.74, 6) is 0. The fourth-order valence-electron chi connectivity index (χ4n) is 4.13. The maximum absolute atomic E-state index is 6.15. The van der Waals surface area contributed by atoms with E-state index in [0.29, 0.717) is 0 Å². The number of nitrogens with one attached hydrogen (secondary N) is 1. The molecular formula is C23H30ClNO. The Labute approximate surface area is 162 Å². The minimum absolute atomic E-state index is 0.0235. The average molecular weight is 372 g/mol. The third kappa shape index (κ3) is 4.68. The van der Waals surface area contributed by atoms with Crippen molar-refractivity contribution in [3.8, 4) is 0 Å². The van der Waals surface area contributed by atoms with Crippen molar-refractivity contribution in [1.82, 2.24) is 5.32 Å². The highest BCUT2D eigenvalue weighted by atomic mass is 35.5. The van der Waals surface area contributed by atoms with E-state index in [-0.39, 0.29) is 11.0 Å². The Morgan fingerprint density at radius 2 is 1.81 bits per heavy atom. The van der Waals surface area contributed by atoms with Gasteiger partial charge < -0.3 is 10.1 Å². The van der Waals surface area contributed by atoms with Crippen LogP contribution in [0.15, 0.2) is 54.6 Å². The van der Waals surface area contributed by atoms with E-state index in [4.69, 9.17) is 16.3 Å². The summed E-state index contributed by atoms with van der Waals surface area (Å²) in [4.78, 5) is 0. The van der Waals surface area contributed by atoms with Gasteiger partial charge in [0.1, 0.15) is 0 Å². The lowest BCUT2D eigenvalue weighted by Gasteiger charge is -2.47. The second-order valence-electron chi connectivity index (χ2n) is 7.78. The highest BCUT2D eigenvalue weighted by molar-refractivity contribution is 6.30. The van der Waals surface area contributed by atoms with Crippen molar-refractivity contribution in [2.45, 2.75) is 57.1 Å². The van der Waals surface area contributed by atoms with E-state index >= 15 is 0 Å². The molecule has 0 aliphatic carbocycles. The van der Waals surface area contributed by atoms with E-state index in [9.17, 15) is 0 Å². The Morgan fingerprint density at radius 3 is 2.50 bits per heavy atom. The average Bonchev–Trinajstić information content (AvgIpc) is 2.67. The maximum atomic E-state index is 6.15. The van der Waals surface area contributed by atoms with E-state index in [1.165, 1.54) is 11.1 Å². The van der Waals surface area contributed by atoms with Gasteiger partial charge in [-0.15, -0.1) is 0 Å². The quantitative estimate of drug-likeness (QED) is 0.627. The summed E-state index contributed by atoms with van der Waals surface area (Å²) in [6.45, 7) is 7.22. The van der Waals surface area contributed by atoms with Crippen LogP contribution in [0, 0.1) is 0 Å². The molecule has 1 saturated heterocycles. The van der Waals surface area contributed by atoms with Gasteiger partial charge >= 0.3 is 0 Å². The van der Waals surface area contributed by atoms with Gasteiger partial charge in [0.15, 0.2) is 0 Å². The van der Waals surface area contributed by atoms with Crippen LogP contribution in [0.3, 0.4) is 0 Å². The zero-order valence-corrected chi connectivity index (χ0v) is 16.7. The van der Waals surface area contributed by atoms with Gasteiger partial charge in [0, 0.05) is 23.6 Å². The lowest BCUT2D eigenvalue weighted by atomic mass is 9.66. The largest absolute Gasteiger partial charge is 0.375 e. The molecule has 3 heteroatoms. The third-order valence-corrected chi connectivity index (χ3v) is 6.15. The van der Waals surface area contributed by atoms with Crippen LogP contribution in [0.25, 0.3) is 0 Å². The van der Waals surface area contributed by atoms with Gasteiger partial charge in [-0.05, 0) is 62.4 Å². The summed E-state index contributed by atoms with van der Waals surface area (Å²) >= 11 is 5.97. The van der Waals surface area contributed by atoms with Gasteiger partial charge in [-0.1, -0.05) is 61.0 Å². The van der Waals surface area contributed by atoms with Crippen LogP contribution < -0.4 is 5.32 Å². The summed E-state index contributed by atoms with van der Waals surface area (Å²) in [6, 6.07) is 19.1. The summed E-state index contributed by atoms with van der Waals surface area (Å²) in [7, 11) is 0. The summed E-state index contributed by atoms with van der Waals surface area (Å²) in [6.07, 6.45) is 4.36. The van der Waals surface area contributed by atoms with Crippen LogP contribution in [-0.4, -0.2) is 18.8 Å². The first-order valence-corrected chi connectivity index (χ1v) is 10.1. The highest BCUT2D eigenvalue weighted by Crippen LogP contribution is 2.45. The lowest BCUT2D eigenvalue weighted by Crippen LogP contribution is -2.46. The normalized spacial score (nSPS) is 26.0. The van der Waals surface area contributed by atoms with E-state index in [1.807, 2.05) is 12.1 Å². The molecule has 1 fully saturated rings. The molecule has 2 nitrogen and oxygen atoms in total. The summed E-state index contributed by atoms with van der Waals surface area (Å²) < 4.78 is 6.15. The van der Waals surface area contributed by atoms with Crippen LogP contribution in [0.5, 0.6) is 0 Å². The molecule has 26 heavy (non-hydrogen) atoms. The Balaban J connectivity index is 1.67. The van der Waals surface area contributed by atoms with Crippen molar-refractivity contribution >= 4 is 11.6 Å². The smallest absolute Gasteiger partial charge is 0.0660 e. The predicted octanol–water partition coefficient (Wildman–Crippen LogP) is 5.74. The minimum Gasteiger partial charge on any atom is -0.375 e. The molecule has 0 amide bonds. The Morgan fingerprint density at radius 1 is 1.08 bits per heavy atom. The number of ether oxygens (including phenoxy) is 1. The molecule has 2 aromatic carbocycles. The SMILES string of the molecule is CC[C@@]1(C)C[C@@](CCNCc2ccc(Cl)cc2)(c2ccccc2)CCO1. The predicted molar refractivity (Wildman–Crippen MR) is 110 cm³/mol. The number of hydrogen-bond donors (Lipinski definition) is 1. The number of hydrogen-bond acceptors (Lipinski definition) is 2. The van der Waals surface area contributed by atoms with Gasteiger partial charge in [-0.2, -0.15) is 0 Å². The fourth-order valence-corrected chi connectivity index (χ4v) is 4.26. The molecule has 0 aromatic heterocycles. The second kappa shape index (κ2) is 8.56. The molecule has 0 spiro atoms. The van der Waals surface area contributed by atoms with Crippen LogP contribution >= 0.6 is 11.6 Å². The van der Waals surface area contributed by atoms with E-state index in [2.05, 4.69) is 61.6 Å². The molecule has 1 heterocycles. The van der Waals surface area contributed by atoms with Crippen LogP contribution in [0.1, 0.15) is 50.7 Å². The van der Waals surface area contributed by atoms with Gasteiger partial charge in [-0.25, -0.2) is 0 Å². The van der Waals surface area contributed by atoms with Gasteiger partial charge in [-0.3, -0.25) is 0 Å². The van der Waals surface area contributed by atoms with Crippen molar-refractivity contribution in [2.75, 3.05) is 13.2 Å². The minimum atomic E-state index is -0.0235. The summed E-state index contributed by atoms with van der Waals surface area (Å²) in [5, 5.41) is 4.41. The molecule has 3 rings (SSSR count).